The maximum absolute atomic E-state index is 11.5. The molecule has 2 bridgehead atoms. The molecule has 2 aliphatic carbocycles. The molecule has 5 nitrogen and oxygen atoms in total. The Morgan fingerprint density at radius 1 is 1.27 bits per heavy atom. The molecule has 162 valence electrons. The summed E-state index contributed by atoms with van der Waals surface area (Å²) in [4.78, 5) is 22.6. The van der Waals surface area contributed by atoms with Gasteiger partial charge in [-0.3, -0.25) is 9.59 Å². The van der Waals surface area contributed by atoms with Crippen molar-refractivity contribution in [1.82, 2.24) is 4.31 Å². The lowest BCUT2D eigenvalue weighted by Crippen LogP contribution is -2.58. The normalized spacial score (nSPS) is 27.3. The molecular weight excluding hydrogens is 418 g/mol. The lowest BCUT2D eigenvalue weighted by Gasteiger charge is -2.57. The average molecular weight is 448 g/mol. The maximum Gasteiger partial charge on any atom is 0.308 e. The highest BCUT2D eigenvalue weighted by atomic mass is 32.2. The number of thioether (sulfide) groups is 1. The molecule has 0 saturated carbocycles. The van der Waals surface area contributed by atoms with Crippen LogP contribution in [0.25, 0.3) is 0 Å². The van der Waals surface area contributed by atoms with E-state index in [-0.39, 0.29) is 22.0 Å². The van der Waals surface area contributed by atoms with Crippen LogP contribution in [0.5, 0.6) is 11.5 Å². The zero-order valence-corrected chi connectivity index (χ0v) is 19.2. The SMILES string of the molecule is CC(=O)Oc1ccc2c(c1O)C13CCC=CC1C(C2)N(SCCCSC(C)=O)CC3. The maximum atomic E-state index is 11.5. The van der Waals surface area contributed by atoms with Crippen molar-refractivity contribution in [3.8, 4) is 11.5 Å². The van der Waals surface area contributed by atoms with Gasteiger partial charge in [0, 0.05) is 54.8 Å². The van der Waals surface area contributed by atoms with E-state index < -0.39 is 5.97 Å². The Morgan fingerprint density at radius 3 is 2.87 bits per heavy atom. The summed E-state index contributed by atoms with van der Waals surface area (Å²) in [5.41, 5.74) is 2.10. The van der Waals surface area contributed by atoms with Gasteiger partial charge in [0.2, 0.25) is 0 Å². The van der Waals surface area contributed by atoms with Gasteiger partial charge in [0.1, 0.15) is 0 Å². The number of hydrogen-bond acceptors (Lipinski definition) is 7. The van der Waals surface area contributed by atoms with Crippen molar-refractivity contribution in [2.75, 3.05) is 18.1 Å². The number of carbonyl (C=O) groups excluding carboxylic acids is 2. The minimum Gasteiger partial charge on any atom is -0.504 e. The van der Waals surface area contributed by atoms with Crippen molar-refractivity contribution in [3.63, 3.8) is 0 Å². The van der Waals surface area contributed by atoms with Crippen LogP contribution in [-0.2, 0) is 21.4 Å². The van der Waals surface area contributed by atoms with E-state index in [0.29, 0.717) is 12.0 Å². The van der Waals surface area contributed by atoms with E-state index in [0.717, 1.165) is 55.7 Å². The molecule has 1 saturated heterocycles. The Morgan fingerprint density at radius 2 is 2.10 bits per heavy atom. The van der Waals surface area contributed by atoms with E-state index in [1.807, 2.05) is 18.0 Å². The summed E-state index contributed by atoms with van der Waals surface area (Å²) in [7, 11) is 0. The van der Waals surface area contributed by atoms with Gasteiger partial charge in [-0.25, -0.2) is 4.31 Å². The number of carbonyl (C=O) groups is 2. The molecule has 1 fully saturated rings. The second-order valence-corrected chi connectivity index (χ2v) is 10.8. The Balaban J connectivity index is 1.59. The Kier molecular flexibility index (Phi) is 6.51. The third kappa shape index (κ3) is 4.04. The largest absolute Gasteiger partial charge is 0.504 e. The molecular formula is C23H29NO4S2. The first kappa shape index (κ1) is 21.8. The summed E-state index contributed by atoms with van der Waals surface area (Å²) in [6, 6.07) is 4.17. The van der Waals surface area contributed by atoms with Crippen LogP contribution in [0.15, 0.2) is 24.3 Å². The molecule has 0 amide bonds. The number of benzene rings is 1. The van der Waals surface area contributed by atoms with E-state index in [9.17, 15) is 14.7 Å². The molecule has 1 aromatic carbocycles. The van der Waals surface area contributed by atoms with Crippen LogP contribution in [-0.4, -0.2) is 44.6 Å². The number of esters is 1. The second kappa shape index (κ2) is 8.97. The fraction of sp³-hybridized carbons (Fsp3) is 0.565. The highest BCUT2D eigenvalue weighted by Crippen LogP contribution is 2.58. The van der Waals surface area contributed by atoms with Crippen molar-refractivity contribution in [2.45, 2.75) is 57.4 Å². The van der Waals surface area contributed by atoms with Gasteiger partial charge in [-0.15, -0.1) is 0 Å². The molecule has 1 heterocycles. The van der Waals surface area contributed by atoms with E-state index >= 15 is 0 Å². The lowest BCUT2D eigenvalue weighted by atomic mass is 9.54. The highest BCUT2D eigenvalue weighted by molar-refractivity contribution is 8.13. The van der Waals surface area contributed by atoms with Gasteiger partial charge in [0.15, 0.2) is 16.6 Å². The first-order valence-corrected chi connectivity index (χ1v) is 12.6. The first-order chi connectivity index (χ1) is 14.4. The molecule has 4 rings (SSSR count). The number of piperidine rings is 1. The van der Waals surface area contributed by atoms with Crippen molar-refractivity contribution < 1.29 is 19.4 Å². The smallest absolute Gasteiger partial charge is 0.308 e. The van der Waals surface area contributed by atoms with Crippen LogP contribution in [0.3, 0.4) is 0 Å². The predicted octanol–water partition coefficient (Wildman–Crippen LogP) is 4.47. The van der Waals surface area contributed by atoms with Crippen LogP contribution in [0.4, 0.5) is 0 Å². The molecule has 30 heavy (non-hydrogen) atoms. The van der Waals surface area contributed by atoms with E-state index in [1.54, 1.807) is 13.0 Å². The number of phenols is 1. The van der Waals surface area contributed by atoms with Gasteiger partial charge in [-0.1, -0.05) is 41.9 Å². The number of nitrogens with zero attached hydrogens (tertiary/aromatic N) is 1. The van der Waals surface area contributed by atoms with Crippen molar-refractivity contribution in [2.24, 2.45) is 5.92 Å². The van der Waals surface area contributed by atoms with Gasteiger partial charge in [0.25, 0.3) is 0 Å². The summed E-state index contributed by atoms with van der Waals surface area (Å²) >= 11 is 3.31. The molecule has 1 N–H and O–H groups in total. The number of rotatable bonds is 6. The van der Waals surface area contributed by atoms with Crippen LogP contribution < -0.4 is 4.74 Å². The fourth-order valence-electron chi connectivity index (χ4n) is 5.44. The number of allylic oxidation sites excluding steroid dienone is 1. The van der Waals surface area contributed by atoms with Crippen LogP contribution in [0.1, 0.15) is 50.7 Å². The molecule has 0 radical (unpaired) electrons. The highest BCUT2D eigenvalue weighted by Gasteiger charge is 2.54. The van der Waals surface area contributed by atoms with Gasteiger partial charge in [-0.2, -0.15) is 0 Å². The number of fused-ring (bicyclic) bond motifs is 1. The van der Waals surface area contributed by atoms with Gasteiger partial charge >= 0.3 is 5.97 Å². The number of hydrogen-bond donors (Lipinski definition) is 1. The predicted molar refractivity (Wildman–Crippen MR) is 122 cm³/mol. The molecule has 0 spiro atoms. The lowest BCUT2D eigenvalue weighted by molar-refractivity contribution is -0.132. The van der Waals surface area contributed by atoms with Crippen LogP contribution in [0, 0.1) is 5.92 Å². The van der Waals surface area contributed by atoms with Crippen molar-refractivity contribution in [3.05, 3.63) is 35.4 Å². The molecule has 0 aromatic heterocycles. The molecule has 3 unspecified atom stereocenters. The van der Waals surface area contributed by atoms with E-state index in [1.165, 1.54) is 24.2 Å². The Labute approximate surface area is 186 Å². The first-order valence-electron chi connectivity index (χ1n) is 10.7. The molecule has 3 aliphatic rings. The zero-order chi connectivity index (χ0) is 21.3. The monoisotopic (exact) mass is 447 g/mol. The second-order valence-electron chi connectivity index (χ2n) is 8.38. The summed E-state index contributed by atoms with van der Waals surface area (Å²) in [6.45, 7) is 3.97. The molecule has 7 heteroatoms. The Hall–Kier alpha value is -1.44. The Bertz CT molecular complexity index is 871. The van der Waals surface area contributed by atoms with Crippen molar-refractivity contribution >= 4 is 34.8 Å². The van der Waals surface area contributed by atoms with E-state index in [4.69, 9.17) is 4.74 Å². The van der Waals surface area contributed by atoms with Crippen molar-refractivity contribution in [1.29, 1.82) is 0 Å². The van der Waals surface area contributed by atoms with Crippen LogP contribution in [0.2, 0.25) is 0 Å². The topological polar surface area (TPSA) is 66.8 Å². The third-order valence-electron chi connectivity index (χ3n) is 6.56. The molecule has 1 aliphatic heterocycles. The van der Waals surface area contributed by atoms with Gasteiger partial charge < -0.3 is 9.84 Å². The standard InChI is InChI=1S/C23H29NO4S2/c1-15(25)28-20-8-7-17-14-19-18-6-3-4-9-23(18,21(17)22(20)27)10-11-24(19)30-13-5-12-29-16(2)26/h3,6-8,18-19,27H,4-5,9-14H2,1-2H3. The molecule has 1 aromatic rings. The fourth-order valence-corrected chi connectivity index (χ4v) is 7.33. The minimum absolute atomic E-state index is 0.0885. The molecule has 3 atom stereocenters. The van der Waals surface area contributed by atoms with Gasteiger partial charge in [-0.05, 0) is 43.7 Å². The summed E-state index contributed by atoms with van der Waals surface area (Å²) in [5, 5.41) is 11.3. The average Bonchev–Trinajstić information content (AvgIpc) is 2.70. The van der Waals surface area contributed by atoms with Crippen LogP contribution >= 0.6 is 23.7 Å². The third-order valence-corrected chi connectivity index (χ3v) is 8.72. The van der Waals surface area contributed by atoms with E-state index in [2.05, 4.69) is 16.5 Å². The quantitative estimate of drug-likeness (QED) is 0.227. The summed E-state index contributed by atoms with van der Waals surface area (Å²) in [5.74, 6) is 2.27. The number of ether oxygens (including phenoxy) is 1. The minimum atomic E-state index is -0.411. The number of phenolic OH excluding ortho intramolecular Hbond substituents is 1. The number of aromatic hydroxyl groups is 1. The summed E-state index contributed by atoms with van der Waals surface area (Å²) in [6.07, 6.45) is 9.55. The van der Waals surface area contributed by atoms with Gasteiger partial charge in [0.05, 0.1) is 0 Å². The zero-order valence-electron chi connectivity index (χ0n) is 17.6. The summed E-state index contributed by atoms with van der Waals surface area (Å²) < 4.78 is 7.83.